The van der Waals surface area contributed by atoms with Crippen molar-refractivity contribution in [3.63, 3.8) is 0 Å². The summed E-state index contributed by atoms with van der Waals surface area (Å²) in [7, 11) is -0.129. The maximum atomic E-state index is 13.0. The van der Waals surface area contributed by atoms with Gasteiger partial charge in [-0.15, -0.1) is 5.69 Å². The Hall–Kier alpha value is -2.16. The predicted octanol–water partition coefficient (Wildman–Crippen LogP) is 2.14. The lowest BCUT2D eigenvalue weighted by Gasteiger charge is -2.22. The molecule has 0 spiro atoms. The molecule has 2 rings (SSSR count). The number of nitrogens with zero attached hydrogens (tertiary/aromatic N) is 1. The van der Waals surface area contributed by atoms with E-state index in [0.29, 0.717) is 6.54 Å². The lowest BCUT2D eigenvalue weighted by molar-refractivity contribution is -0.858. The van der Waals surface area contributed by atoms with Gasteiger partial charge in [0.2, 0.25) is 0 Å². The molecule has 0 fully saturated rings. The van der Waals surface area contributed by atoms with Crippen molar-refractivity contribution in [2.45, 2.75) is 11.3 Å². The van der Waals surface area contributed by atoms with Crippen LogP contribution < -0.4 is 10.2 Å². The van der Waals surface area contributed by atoms with Gasteiger partial charge in [0.05, 0.1) is 30.6 Å². The van der Waals surface area contributed by atoms with Crippen LogP contribution >= 0.6 is 11.6 Å². The molecule has 2 N–H and O–H groups in total. The molecule has 0 aliphatic carbocycles. The number of hydrogen-bond donors (Lipinski definition) is 2. The zero-order chi connectivity index (χ0) is 20.0. The molecule has 0 aliphatic heterocycles. The number of carbonyl (C=O) groups is 1. The van der Waals surface area contributed by atoms with Crippen molar-refractivity contribution in [2.75, 3.05) is 27.2 Å². The van der Waals surface area contributed by atoms with Gasteiger partial charge in [0.25, 0.3) is 5.91 Å². The molecule has 0 aromatic heterocycles. The second kappa shape index (κ2) is 9.16. The first-order chi connectivity index (χ1) is 12.7. The molecule has 0 unspecified atom stereocenters. The molecule has 0 saturated heterocycles. The highest BCUT2D eigenvalue weighted by molar-refractivity contribution is 7.94. The lowest BCUT2D eigenvalue weighted by atomic mass is 10.2. The molecular weight excluding hydrogens is 393 g/mol. The van der Waals surface area contributed by atoms with Crippen molar-refractivity contribution in [3.8, 4) is 0 Å². The molecule has 0 heterocycles. The van der Waals surface area contributed by atoms with Crippen LogP contribution in [0.25, 0.3) is 4.72 Å². The predicted molar refractivity (Wildman–Crippen MR) is 103 cm³/mol. The lowest BCUT2D eigenvalue weighted by Crippen LogP contribution is -3.05. The van der Waals surface area contributed by atoms with E-state index in [2.05, 4.69) is 10.0 Å². The molecule has 6 nitrogen and oxygen atoms in total. The van der Waals surface area contributed by atoms with E-state index in [1.54, 1.807) is 0 Å². The van der Waals surface area contributed by atoms with E-state index in [9.17, 15) is 17.6 Å². The van der Waals surface area contributed by atoms with Crippen molar-refractivity contribution in [3.05, 3.63) is 63.6 Å². The number of amides is 1. The first kappa shape index (κ1) is 21.1. The monoisotopic (exact) mass is 413 g/mol. The Balaban J connectivity index is 2.15. The quantitative estimate of drug-likeness (QED) is 0.650. The van der Waals surface area contributed by atoms with Crippen LogP contribution in [-0.4, -0.2) is 41.5 Å². The first-order valence-electron chi connectivity index (χ1n) is 8.29. The molecule has 0 atom stereocenters. The van der Waals surface area contributed by atoms with Gasteiger partial charge < -0.3 is 14.9 Å². The van der Waals surface area contributed by atoms with E-state index in [1.165, 1.54) is 35.2 Å². The van der Waals surface area contributed by atoms with Crippen LogP contribution in [0.1, 0.15) is 16.8 Å². The van der Waals surface area contributed by atoms with Crippen LogP contribution in [0, 0.1) is 5.82 Å². The Labute approximate surface area is 163 Å². The number of rotatable bonds is 8. The van der Waals surface area contributed by atoms with E-state index in [0.717, 1.165) is 25.1 Å². The largest absolute Gasteiger partial charge is 0.573 e. The Morgan fingerprint density at radius 2 is 1.85 bits per heavy atom. The average molecular weight is 414 g/mol. The van der Waals surface area contributed by atoms with Crippen LogP contribution in [0.2, 0.25) is 5.02 Å². The van der Waals surface area contributed by atoms with Crippen LogP contribution in [-0.2, 0) is 10.0 Å². The minimum Gasteiger partial charge on any atom is -0.573 e. The molecule has 2 aromatic carbocycles. The van der Waals surface area contributed by atoms with Gasteiger partial charge in [-0.2, -0.15) is 0 Å². The summed E-state index contributed by atoms with van der Waals surface area (Å²) in [4.78, 5) is 13.2. The SMILES string of the molecule is C[NH+](C)CCCNC(=O)c1ccc(Cl)c(S(=O)(=O)[N-]c2ccc(F)cc2)c1. The Morgan fingerprint density at radius 1 is 1.19 bits per heavy atom. The maximum absolute atomic E-state index is 13.0. The van der Waals surface area contributed by atoms with Crippen LogP contribution in [0.5, 0.6) is 0 Å². The Morgan fingerprint density at radius 3 is 2.48 bits per heavy atom. The second-order valence-corrected chi connectivity index (χ2v) is 8.23. The molecule has 0 bridgehead atoms. The second-order valence-electron chi connectivity index (χ2n) is 6.25. The molecule has 0 radical (unpaired) electrons. The number of sulfonamides is 1. The number of nitrogens with one attached hydrogen (secondary N) is 2. The summed E-state index contributed by atoms with van der Waals surface area (Å²) < 4.78 is 41.7. The van der Waals surface area contributed by atoms with Crippen LogP contribution in [0.4, 0.5) is 10.1 Å². The zero-order valence-corrected chi connectivity index (χ0v) is 16.6. The summed E-state index contributed by atoms with van der Waals surface area (Å²) in [5.74, 6) is -0.891. The maximum Gasteiger partial charge on any atom is 0.251 e. The first-order valence-corrected chi connectivity index (χ1v) is 10.1. The fourth-order valence-corrected chi connectivity index (χ4v) is 3.78. The van der Waals surface area contributed by atoms with Crippen molar-refractivity contribution < 1.29 is 22.5 Å². The van der Waals surface area contributed by atoms with Crippen molar-refractivity contribution >= 4 is 33.2 Å². The summed E-state index contributed by atoms with van der Waals surface area (Å²) in [5.41, 5.74) is 0.234. The topological polar surface area (TPSA) is 81.8 Å². The number of benzene rings is 2. The van der Waals surface area contributed by atoms with E-state index in [1.807, 2.05) is 14.1 Å². The summed E-state index contributed by atoms with van der Waals surface area (Å²) >= 11 is 6.00. The third kappa shape index (κ3) is 6.20. The van der Waals surface area contributed by atoms with E-state index in [4.69, 9.17) is 11.6 Å². The average Bonchev–Trinajstić information content (AvgIpc) is 2.60. The van der Waals surface area contributed by atoms with Gasteiger partial charge >= 0.3 is 0 Å². The van der Waals surface area contributed by atoms with Gasteiger partial charge in [-0.25, -0.2) is 12.8 Å². The summed E-state index contributed by atoms with van der Waals surface area (Å²) in [5, 5.41) is 2.70. The number of hydrogen-bond acceptors (Lipinski definition) is 3. The van der Waals surface area contributed by atoms with Gasteiger partial charge in [0, 0.05) is 18.5 Å². The molecule has 1 amide bonds. The molecule has 0 aliphatic rings. The standard InChI is InChI=1S/C18H20ClFN3O3S/c1-23(2)11-3-10-21-18(24)13-4-9-16(19)17(12-13)27(25,26)22-15-7-5-14(20)6-8-15/h4-9,12H,3,10-11H2,1-2H3,(H,21,24)/q-1/p+1. The molecule has 146 valence electrons. The smallest absolute Gasteiger partial charge is 0.251 e. The summed E-state index contributed by atoms with van der Waals surface area (Å²) in [6.07, 6.45) is 0.798. The van der Waals surface area contributed by atoms with Gasteiger partial charge in [0.1, 0.15) is 15.8 Å². The zero-order valence-electron chi connectivity index (χ0n) is 15.0. The van der Waals surface area contributed by atoms with Crippen molar-refractivity contribution in [1.29, 1.82) is 0 Å². The molecular formula is C18H21ClFN3O3S. The highest BCUT2D eigenvalue weighted by Crippen LogP contribution is 2.32. The fourth-order valence-electron chi connectivity index (χ4n) is 2.28. The number of halogens is 2. The highest BCUT2D eigenvalue weighted by atomic mass is 35.5. The third-order valence-electron chi connectivity index (χ3n) is 3.66. The minimum absolute atomic E-state index is 0.0476. The highest BCUT2D eigenvalue weighted by Gasteiger charge is 2.14. The van der Waals surface area contributed by atoms with E-state index >= 15 is 0 Å². The van der Waals surface area contributed by atoms with Gasteiger partial charge in [-0.3, -0.25) is 4.79 Å². The summed E-state index contributed by atoms with van der Waals surface area (Å²) in [6, 6.07) is 8.68. The molecule has 9 heteroatoms. The van der Waals surface area contributed by atoms with E-state index < -0.39 is 21.7 Å². The molecule has 0 saturated carbocycles. The fraction of sp³-hybridized carbons (Fsp3) is 0.278. The number of quaternary nitrogens is 1. The normalized spacial score (nSPS) is 11.4. The summed E-state index contributed by atoms with van der Waals surface area (Å²) in [6.45, 7) is 1.38. The van der Waals surface area contributed by atoms with Crippen LogP contribution in [0.3, 0.4) is 0 Å². The van der Waals surface area contributed by atoms with Crippen molar-refractivity contribution in [1.82, 2.24) is 5.32 Å². The molecule has 27 heavy (non-hydrogen) atoms. The third-order valence-corrected chi connectivity index (χ3v) is 5.45. The van der Waals surface area contributed by atoms with E-state index in [-0.39, 0.29) is 21.2 Å². The van der Waals surface area contributed by atoms with Gasteiger partial charge in [0.15, 0.2) is 0 Å². The Bertz CT molecular complexity index is 903. The number of carbonyl (C=O) groups excluding carboxylic acids is 1. The van der Waals surface area contributed by atoms with Gasteiger partial charge in [-0.1, -0.05) is 23.7 Å². The van der Waals surface area contributed by atoms with Gasteiger partial charge in [-0.05, 0) is 30.3 Å². The molecule has 2 aromatic rings. The van der Waals surface area contributed by atoms with Crippen LogP contribution in [0.15, 0.2) is 47.4 Å². The Kier molecular flexibility index (Phi) is 7.18. The minimum atomic E-state index is -4.16. The van der Waals surface area contributed by atoms with Crippen molar-refractivity contribution in [2.24, 2.45) is 0 Å².